The van der Waals surface area contributed by atoms with Crippen molar-refractivity contribution in [2.75, 3.05) is 6.54 Å². The lowest BCUT2D eigenvalue weighted by Gasteiger charge is -2.11. The SMILES string of the molecule is FC1(F)CNC(c2nc3c(C(F)(F)F)cc(C(F)(F)F)cc3[nH]2)C1. The maximum absolute atomic E-state index is 13.2. The van der Waals surface area contributed by atoms with Crippen molar-refractivity contribution in [3.63, 3.8) is 0 Å². The molecule has 1 aromatic heterocycles. The third-order valence-electron chi connectivity index (χ3n) is 3.68. The van der Waals surface area contributed by atoms with Crippen LogP contribution in [-0.4, -0.2) is 22.4 Å². The molecule has 132 valence electrons. The van der Waals surface area contributed by atoms with Gasteiger partial charge in [0, 0.05) is 6.42 Å². The summed E-state index contributed by atoms with van der Waals surface area (Å²) >= 11 is 0. The van der Waals surface area contributed by atoms with Gasteiger partial charge in [0.2, 0.25) is 0 Å². The zero-order valence-corrected chi connectivity index (χ0v) is 11.6. The molecule has 0 bridgehead atoms. The van der Waals surface area contributed by atoms with Crippen molar-refractivity contribution in [1.82, 2.24) is 15.3 Å². The van der Waals surface area contributed by atoms with E-state index in [-0.39, 0.29) is 11.9 Å². The summed E-state index contributed by atoms with van der Waals surface area (Å²) < 4.78 is 104. The van der Waals surface area contributed by atoms with Crippen molar-refractivity contribution < 1.29 is 35.1 Å². The molecule has 0 aliphatic carbocycles. The number of alkyl halides is 8. The van der Waals surface area contributed by atoms with Gasteiger partial charge >= 0.3 is 12.4 Å². The summed E-state index contributed by atoms with van der Waals surface area (Å²) in [5.41, 5.74) is -4.31. The smallest absolute Gasteiger partial charge is 0.341 e. The van der Waals surface area contributed by atoms with Crippen molar-refractivity contribution >= 4 is 11.0 Å². The fourth-order valence-corrected chi connectivity index (χ4v) is 2.59. The number of fused-ring (bicyclic) bond motifs is 1. The molecule has 1 saturated heterocycles. The molecule has 2 aromatic rings. The van der Waals surface area contributed by atoms with Gasteiger partial charge in [-0.1, -0.05) is 0 Å². The molecular weight excluding hydrogens is 350 g/mol. The summed E-state index contributed by atoms with van der Waals surface area (Å²) in [6, 6.07) is -0.625. The first-order chi connectivity index (χ1) is 10.9. The van der Waals surface area contributed by atoms with E-state index in [9.17, 15) is 35.1 Å². The zero-order valence-electron chi connectivity index (χ0n) is 11.6. The van der Waals surface area contributed by atoms with Crippen LogP contribution in [0.15, 0.2) is 12.1 Å². The minimum absolute atomic E-state index is 0.0381. The molecule has 0 amide bonds. The highest BCUT2D eigenvalue weighted by Crippen LogP contribution is 2.40. The number of benzene rings is 1. The Bertz CT molecular complexity index is 774. The minimum atomic E-state index is -5.07. The number of imidazole rings is 1. The summed E-state index contributed by atoms with van der Waals surface area (Å²) in [5, 5.41) is 2.38. The number of aromatic amines is 1. The fraction of sp³-hybridized carbons (Fsp3) is 0.462. The molecule has 3 rings (SSSR count). The minimum Gasteiger partial charge on any atom is -0.341 e. The average molecular weight is 359 g/mol. The number of rotatable bonds is 1. The van der Waals surface area contributed by atoms with Gasteiger partial charge in [-0.3, -0.25) is 0 Å². The number of H-pyrrole nitrogens is 1. The van der Waals surface area contributed by atoms with Crippen LogP contribution in [-0.2, 0) is 12.4 Å². The second-order valence-corrected chi connectivity index (χ2v) is 5.53. The lowest BCUT2D eigenvalue weighted by molar-refractivity contribution is -0.142. The predicted molar refractivity (Wildman–Crippen MR) is 66.4 cm³/mol. The largest absolute Gasteiger partial charge is 0.418 e. The van der Waals surface area contributed by atoms with Gasteiger partial charge in [0.15, 0.2) is 0 Å². The maximum Gasteiger partial charge on any atom is 0.418 e. The number of aromatic nitrogens is 2. The van der Waals surface area contributed by atoms with Crippen molar-refractivity contribution in [1.29, 1.82) is 0 Å². The van der Waals surface area contributed by atoms with Crippen LogP contribution >= 0.6 is 0 Å². The van der Waals surface area contributed by atoms with Gasteiger partial charge in [0.05, 0.1) is 29.2 Å². The maximum atomic E-state index is 13.2. The number of hydrogen-bond acceptors (Lipinski definition) is 2. The van der Waals surface area contributed by atoms with Crippen LogP contribution in [0.25, 0.3) is 11.0 Å². The normalized spacial score (nSPS) is 21.6. The number of nitrogens with one attached hydrogen (secondary N) is 2. The highest BCUT2D eigenvalue weighted by Gasteiger charge is 2.42. The predicted octanol–water partition coefficient (Wildman–Crippen LogP) is 4.27. The molecule has 0 spiro atoms. The van der Waals surface area contributed by atoms with Crippen molar-refractivity contribution in [2.45, 2.75) is 30.7 Å². The van der Waals surface area contributed by atoms with Crippen molar-refractivity contribution in [3.8, 4) is 0 Å². The van der Waals surface area contributed by atoms with Gasteiger partial charge in [-0.25, -0.2) is 13.8 Å². The van der Waals surface area contributed by atoms with Crippen LogP contribution < -0.4 is 5.32 Å². The molecule has 1 aliphatic rings. The van der Waals surface area contributed by atoms with E-state index in [1.807, 2.05) is 0 Å². The molecule has 1 fully saturated rings. The van der Waals surface area contributed by atoms with Gasteiger partial charge < -0.3 is 10.3 Å². The van der Waals surface area contributed by atoms with E-state index >= 15 is 0 Å². The Balaban J connectivity index is 2.14. The summed E-state index contributed by atoms with van der Waals surface area (Å²) in [7, 11) is 0. The lowest BCUT2D eigenvalue weighted by atomic mass is 10.1. The second kappa shape index (κ2) is 5.04. The Morgan fingerprint density at radius 3 is 2.21 bits per heavy atom. The molecule has 1 aromatic carbocycles. The molecule has 1 aliphatic heterocycles. The summed E-state index contributed by atoms with van der Waals surface area (Å²) in [5.74, 6) is -3.32. The van der Waals surface area contributed by atoms with Gasteiger partial charge in [0.1, 0.15) is 11.3 Å². The standard InChI is InChI=1S/C13H9F8N3/c14-11(15)3-8(22-4-11)10-23-7-2-5(12(16,17)18)1-6(9(7)24-10)13(19,20)21/h1-2,8,22H,3-4H2,(H,23,24). The van der Waals surface area contributed by atoms with E-state index in [0.717, 1.165) is 0 Å². The molecule has 24 heavy (non-hydrogen) atoms. The highest BCUT2D eigenvalue weighted by atomic mass is 19.4. The van der Waals surface area contributed by atoms with E-state index in [4.69, 9.17) is 0 Å². The van der Waals surface area contributed by atoms with Gasteiger partial charge in [-0.15, -0.1) is 0 Å². The molecule has 1 unspecified atom stereocenters. The van der Waals surface area contributed by atoms with Crippen LogP contribution in [0, 0.1) is 0 Å². The number of nitrogens with zero attached hydrogens (tertiary/aromatic N) is 1. The first kappa shape index (κ1) is 16.9. The van der Waals surface area contributed by atoms with Crippen LogP contribution in [0.5, 0.6) is 0 Å². The zero-order chi connectivity index (χ0) is 17.9. The Hall–Kier alpha value is -1.91. The molecule has 0 saturated carbocycles. The van der Waals surface area contributed by atoms with Crippen LogP contribution in [0.1, 0.15) is 29.4 Å². The monoisotopic (exact) mass is 359 g/mol. The Labute approximate surface area is 129 Å². The van der Waals surface area contributed by atoms with Crippen molar-refractivity contribution in [2.24, 2.45) is 0 Å². The first-order valence-electron chi connectivity index (χ1n) is 6.66. The van der Waals surface area contributed by atoms with E-state index in [1.165, 1.54) is 0 Å². The topological polar surface area (TPSA) is 40.7 Å². The molecule has 11 heteroatoms. The van der Waals surface area contributed by atoms with Gasteiger partial charge in [-0.05, 0) is 12.1 Å². The first-order valence-corrected chi connectivity index (χ1v) is 6.66. The van der Waals surface area contributed by atoms with E-state index < -0.39 is 59.4 Å². The van der Waals surface area contributed by atoms with Crippen LogP contribution in [0.3, 0.4) is 0 Å². The fourth-order valence-electron chi connectivity index (χ4n) is 2.59. The summed E-state index contributed by atoms with van der Waals surface area (Å²) in [6.45, 7) is -0.686. The third-order valence-corrected chi connectivity index (χ3v) is 3.68. The quantitative estimate of drug-likeness (QED) is 0.747. The number of hydrogen-bond donors (Lipinski definition) is 2. The Kier molecular flexibility index (Phi) is 3.56. The second-order valence-electron chi connectivity index (χ2n) is 5.53. The van der Waals surface area contributed by atoms with Gasteiger partial charge in [-0.2, -0.15) is 26.3 Å². The lowest BCUT2D eigenvalue weighted by Crippen LogP contribution is -2.19. The average Bonchev–Trinajstić information content (AvgIpc) is 2.97. The molecule has 2 N–H and O–H groups in total. The number of halogens is 8. The third kappa shape index (κ3) is 3.04. The molecular formula is C13H9F8N3. The van der Waals surface area contributed by atoms with E-state index in [1.54, 1.807) is 0 Å². The molecule has 2 heterocycles. The summed E-state index contributed by atoms with van der Waals surface area (Å²) in [6.07, 6.45) is -10.8. The Morgan fingerprint density at radius 2 is 1.71 bits per heavy atom. The van der Waals surface area contributed by atoms with E-state index in [2.05, 4.69) is 15.3 Å². The van der Waals surface area contributed by atoms with E-state index in [0.29, 0.717) is 6.07 Å². The Morgan fingerprint density at radius 1 is 1.04 bits per heavy atom. The highest BCUT2D eigenvalue weighted by molar-refractivity contribution is 5.80. The van der Waals surface area contributed by atoms with Crippen LogP contribution in [0.2, 0.25) is 0 Å². The molecule has 0 radical (unpaired) electrons. The van der Waals surface area contributed by atoms with Crippen molar-refractivity contribution in [3.05, 3.63) is 29.1 Å². The van der Waals surface area contributed by atoms with Crippen LogP contribution in [0.4, 0.5) is 35.1 Å². The summed E-state index contributed by atoms with van der Waals surface area (Å²) in [4.78, 5) is 5.90. The molecule has 3 nitrogen and oxygen atoms in total. The van der Waals surface area contributed by atoms with Gasteiger partial charge in [0.25, 0.3) is 5.92 Å². The molecule has 1 atom stereocenters.